The third-order valence-electron chi connectivity index (χ3n) is 4.83. The van der Waals surface area contributed by atoms with Gasteiger partial charge in [0.15, 0.2) is 11.6 Å². The second kappa shape index (κ2) is 9.20. The van der Waals surface area contributed by atoms with Gasteiger partial charge in [-0.05, 0) is 30.3 Å². The molecule has 0 atom stereocenters. The lowest BCUT2D eigenvalue weighted by Crippen LogP contribution is -2.06. The van der Waals surface area contributed by atoms with Crippen LogP contribution in [0.5, 0.6) is 0 Å². The minimum atomic E-state index is -4.84. The Kier molecular flexibility index (Phi) is 6.29. The summed E-state index contributed by atoms with van der Waals surface area (Å²) in [4.78, 5) is 20.0. The summed E-state index contributed by atoms with van der Waals surface area (Å²) in [5.74, 6) is -2.48. The van der Waals surface area contributed by atoms with E-state index in [4.69, 9.17) is 0 Å². The molecule has 0 aliphatic rings. The van der Waals surface area contributed by atoms with Crippen LogP contribution in [0.2, 0.25) is 0 Å². The van der Waals surface area contributed by atoms with Crippen molar-refractivity contribution in [2.75, 3.05) is 0 Å². The molecule has 180 valence electrons. The predicted octanol–water partition coefficient (Wildman–Crippen LogP) is 6.59. The number of benzene rings is 2. The molecule has 2 heterocycles. The van der Waals surface area contributed by atoms with E-state index in [0.29, 0.717) is 11.6 Å². The Morgan fingerprint density at radius 1 is 1.00 bits per heavy atom. The number of pyridine rings is 1. The van der Waals surface area contributed by atoms with Gasteiger partial charge in [-0.25, -0.2) is 9.37 Å². The van der Waals surface area contributed by atoms with Gasteiger partial charge in [0, 0.05) is 22.9 Å². The maximum Gasteiger partial charge on any atom is 0.416 e. The number of aromatic nitrogens is 2. The molecule has 35 heavy (non-hydrogen) atoms. The Morgan fingerprint density at radius 3 is 2.34 bits per heavy atom. The number of ether oxygens (including phenoxy) is 1. The van der Waals surface area contributed by atoms with Crippen molar-refractivity contribution in [2.45, 2.75) is 12.8 Å². The van der Waals surface area contributed by atoms with Crippen LogP contribution in [-0.2, 0) is 10.9 Å². The maximum atomic E-state index is 14.8. The van der Waals surface area contributed by atoms with E-state index >= 15 is 0 Å². The molecule has 0 aliphatic heterocycles. The van der Waals surface area contributed by atoms with Crippen LogP contribution >= 0.6 is 0 Å². The van der Waals surface area contributed by atoms with Gasteiger partial charge in [0.1, 0.15) is 17.2 Å². The SMILES string of the molecule is O=C(c1ccccc1)c1ccc2nc(/N=C(/F)OC(F)F)c(-c3ccc(C(F)(F)F)cc3F)n2c1. The fraction of sp³-hybridized carbons (Fsp3) is 0.0870. The monoisotopic (exact) mass is 495 g/mol. The lowest BCUT2D eigenvalue weighted by atomic mass is 10.0. The minimum absolute atomic E-state index is 0.0208. The van der Waals surface area contributed by atoms with Gasteiger partial charge in [0.05, 0.1) is 5.56 Å². The van der Waals surface area contributed by atoms with Crippen molar-refractivity contribution in [3.8, 4) is 11.3 Å². The number of nitrogens with zero attached hydrogens (tertiary/aromatic N) is 3. The Labute approximate surface area is 192 Å². The topological polar surface area (TPSA) is 56.0 Å². The first-order valence-corrected chi connectivity index (χ1v) is 9.72. The van der Waals surface area contributed by atoms with Crippen LogP contribution < -0.4 is 0 Å². The highest BCUT2D eigenvalue weighted by Gasteiger charge is 2.32. The van der Waals surface area contributed by atoms with E-state index in [9.17, 15) is 35.5 Å². The van der Waals surface area contributed by atoms with E-state index in [1.165, 1.54) is 18.3 Å². The van der Waals surface area contributed by atoms with Gasteiger partial charge in [-0.1, -0.05) is 30.3 Å². The Balaban J connectivity index is 1.93. The van der Waals surface area contributed by atoms with E-state index in [1.807, 2.05) is 0 Å². The first kappa shape index (κ1) is 23.9. The van der Waals surface area contributed by atoms with Crippen molar-refractivity contribution in [3.05, 3.63) is 89.4 Å². The summed E-state index contributed by atoms with van der Waals surface area (Å²) in [5.41, 5.74) is -1.81. The molecule has 5 nitrogen and oxygen atoms in total. The summed E-state index contributed by atoms with van der Waals surface area (Å²) in [6.07, 6.45) is -5.64. The Bertz CT molecular complexity index is 1430. The Hall–Kier alpha value is -4.22. The molecule has 0 unspecified atom stereocenters. The highest BCUT2D eigenvalue weighted by Crippen LogP contribution is 2.37. The van der Waals surface area contributed by atoms with Gasteiger partial charge in [-0.15, -0.1) is 4.39 Å². The van der Waals surface area contributed by atoms with Crippen molar-refractivity contribution in [3.63, 3.8) is 0 Å². The average Bonchev–Trinajstić information content (AvgIpc) is 3.14. The van der Waals surface area contributed by atoms with E-state index in [2.05, 4.69) is 14.7 Å². The van der Waals surface area contributed by atoms with Gasteiger partial charge in [0.25, 0.3) is 0 Å². The van der Waals surface area contributed by atoms with E-state index < -0.39 is 47.5 Å². The van der Waals surface area contributed by atoms with E-state index in [1.54, 1.807) is 30.3 Å². The largest absolute Gasteiger partial charge is 0.416 e. The van der Waals surface area contributed by atoms with Gasteiger partial charge < -0.3 is 4.74 Å². The smallest absolute Gasteiger partial charge is 0.393 e. The summed E-state index contributed by atoms with van der Waals surface area (Å²) in [6, 6.07) is 12.3. The second-order valence-corrected chi connectivity index (χ2v) is 7.06. The predicted molar refractivity (Wildman–Crippen MR) is 111 cm³/mol. The second-order valence-electron chi connectivity index (χ2n) is 7.06. The number of ketones is 1. The summed E-state index contributed by atoms with van der Waals surface area (Å²) >= 11 is 0. The number of imidazole rings is 1. The summed E-state index contributed by atoms with van der Waals surface area (Å²) < 4.78 is 97.0. The van der Waals surface area contributed by atoms with Gasteiger partial charge >= 0.3 is 18.9 Å². The molecule has 0 saturated carbocycles. The fourth-order valence-corrected chi connectivity index (χ4v) is 3.32. The fourth-order valence-electron chi connectivity index (χ4n) is 3.32. The maximum absolute atomic E-state index is 14.8. The third-order valence-corrected chi connectivity index (χ3v) is 4.83. The number of hydrogen-bond donors (Lipinski definition) is 0. The summed E-state index contributed by atoms with van der Waals surface area (Å²) in [6.45, 7) is -3.56. The van der Waals surface area contributed by atoms with Crippen LogP contribution in [-0.4, -0.2) is 27.9 Å². The average molecular weight is 495 g/mol. The first-order chi connectivity index (χ1) is 16.5. The zero-order valence-electron chi connectivity index (χ0n) is 17.2. The molecule has 12 heteroatoms. The molecule has 0 bridgehead atoms. The lowest BCUT2D eigenvalue weighted by Gasteiger charge is -2.10. The zero-order valence-corrected chi connectivity index (χ0v) is 17.2. The number of aliphatic imine (C=N–C) groups is 1. The van der Waals surface area contributed by atoms with Crippen molar-refractivity contribution in [2.24, 2.45) is 4.99 Å². The van der Waals surface area contributed by atoms with Gasteiger partial charge in [-0.2, -0.15) is 26.9 Å². The standard InChI is InChI=1S/C23H12F7N3O2/c24-16-10-14(23(28,29)30)7-8-15(16)18-20(32-22(27)35-21(25)26)31-17-9-6-13(11-33(17)18)19(34)12-4-2-1-3-5-12/h1-11,21H/b32-22-. The first-order valence-electron chi connectivity index (χ1n) is 9.72. The zero-order chi connectivity index (χ0) is 25.3. The molecule has 0 aliphatic carbocycles. The van der Waals surface area contributed by atoms with E-state index in [0.717, 1.165) is 10.5 Å². The van der Waals surface area contributed by atoms with E-state index in [-0.39, 0.29) is 23.0 Å². The molecular formula is C23H12F7N3O2. The highest BCUT2D eigenvalue weighted by atomic mass is 19.4. The quantitative estimate of drug-likeness (QED) is 0.136. The summed E-state index contributed by atoms with van der Waals surface area (Å²) in [5, 5.41) is 0. The molecule has 4 rings (SSSR count). The molecular weight excluding hydrogens is 483 g/mol. The highest BCUT2D eigenvalue weighted by molar-refractivity contribution is 6.09. The van der Waals surface area contributed by atoms with Crippen molar-refractivity contribution < 1.29 is 40.3 Å². The van der Waals surface area contributed by atoms with Crippen LogP contribution in [0.1, 0.15) is 21.5 Å². The normalized spacial score (nSPS) is 12.4. The van der Waals surface area contributed by atoms with Crippen LogP contribution in [0.3, 0.4) is 0 Å². The van der Waals surface area contributed by atoms with Crippen LogP contribution in [0.4, 0.5) is 36.6 Å². The molecule has 0 fully saturated rings. The molecule has 4 aromatic rings. The summed E-state index contributed by atoms with van der Waals surface area (Å²) in [7, 11) is 0. The molecule has 2 aromatic heterocycles. The van der Waals surface area contributed by atoms with Crippen molar-refractivity contribution in [1.29, 1.82) is 0 Å². The molecule has 0 spiro atoms. The third kappa shape index (κ3) is 5.00. The molecule has 0 radical (unpaired) electrons. The van der Waals surface area contributed by atoms with Crippen molar-refractivity contribution in [1.82, 2.24) is 9.38 Å². The molecule has 0 amide bonds. The number of fused-ring (bicyclic) bond motifs is 1. The van der Waals surface area contributed by atoms with Crippen LogP contribution in [0, 0.1) is 5.82 Å². The van der Waals surface area contributed by atoms with Crippen LogP contribution in [0.15, 0.2) is 71.9 Å². The molecule has 0 saturated heterocycles. The number of carbonyl (C=O) groups excluding carboxylic acids is 1. The number of hydrogen-bond acceptors (Lipinski definition) is 4. The number of rotatable bonds is 5. The molecule has 0 N–H and O–H groups in total. The Morgan fingerprint density at radius 2 is 1.71 bits per heavy atom. The number of carbonyl (C=O) groups is 1. The minimum Gasteiger partial charge on any atom is -0.393 e. The number of halogens is 7. The van der Waals surface area contributed by atoms with Gasteiger partial charge in [-0.3, -0.25) is 9.20 Å². The number of alkyl halides is 5. The van der Waals surface area contributed by atoms with Crippen LogP contribution in [0.25, 0.3) is 16.9 Å². The van der Waals surface area contributed by atoms with Crippen molar-refractivity contribution >= 4 is 23.4 Å². The van der Waals surface area contributed by atoms with Gasteiger partial charge in [0.2, 0.25) is 0 Å². The lowest BCUT2D eigenvalue weighted by molar-refractivity contribution is -0.137. The molecule has 2 aromatic carbocycles.